The molecule has 1 amide bonds. The predicted octanol–water partition coefficient (Wildman–Crippen LogP) is 0.836. The highest BCUT2D eigenvalue weighted by Crippen LogP contribution is 1.97. The molecule has 0 aromatic carbocycles. The largest absolute Gasteiger partial charge is 0.478 e. The van der Waals surface area contributed by atoms with E-state index in [1.807, 2.05) is 0 Å². The van der Waals surface area contributed by atoms with Crippen LogP contribution in [-0.2, 0) is 9.59 Å². The average molecular weight is 229 g/mol. The summed E-state index contributed by atoms with van der Waals surface area (Å²) < 4.78 is 0. The number of aliphatic hydroxyl groups excluding tert-OH is 1. The van der Waals surface area contributed by atoms with Crippen LogP contribution in [-0.4, -0.2) is 28.2 Å². The van der Waals surface area contributed by atoms with Crippen molar-refractivity contribution in [1.82, 2.24) is 0 Å². The lowest BCUT2D eigenvalue weighted by Gasteiger charge is -1.98. The van der Waals surface area contributed by atoms with Crippen molar-refractivity contribution >= 4 is 11.9 Å². The molecule has 0 aliphatic heterocycles. The van der Waals surface area contributed by atoms with Gasteiger partial charge in [0.1, 0.15) is 0 Å². The van der Waals surface area contributed by atoms with Gasteiger partial charge < -0.3 is 15.9 Å². The molecule has 0 saturated carbocycles. The third-order valence-electron chi connectivity index (χ3n) is 1.52. The lowest BCUT2D eigenvalue weighted by molar-refractivity contribution is -0.132. The van der Waals surface area contributed by atoms with Crippen LogP contribution in [0, 0.1) is 0 Å². The van der Waals surface area contributed by atoms with E-state index in [2.05, 4.69) is 6.58 Å². The van der Waals surface area contributed by atoms with Gasteiger partial charge in [-0.1, -0.05) is 12.7 Å². The molecule has 0 aliphatic rings. The summed E-state index contributed by atoms with van der Waals surface area (Å²) in [6, 6.07) is 0. The molecule has 0 bridgehead atoms. The van der Waals surface area contributed by atoms with Gasteiger partial charge >= 0.3 is 5.97 Å². The molecule has 5 nitrogen and oxygen atoms in total. The van der Waals surface area contributed by atoms with Crippen molar-refractivity contribution in [3.63, 3.8) is 0 Å². The van der Waals surface area contributed by atoms with Crippen molar-refractivity contribution in [2.75, 3.05) is 0 Å². The zero-order valence-corrected chi connectivity index (χ0v) is 9.86. The van der Waals surface area contributed by atoms with Crippen molar-refractivity contribution in [2.45, 2.75) is 33.3 Å². The number of carbonyl (C=O) groups is 2. The quantitative estimate of drug-likeness (QED) is 0.622. The van der Waals surface area contributed by atoms with E-state index in [9.17, 15) is 9.59 Å². The topological polar surface area (TPSA) is 101 Å². The maximum Gasteiger partial charge on any atom is 0.330 e. The Balaban J connectivity index is 0. The fourth-order valence-electron chi connectivity index (χ4n) is 0.448. The summed E-state index contributed by atoms with van der Waals surface area (Å²) in [6.45, 7) is 7.89. The van der Waals surface area contributed by atoms with Gasteiger partial charge in [0.25, 0.3) is 0 Å². The van der Waals surface area contributed by atoms with Crippen LogP contribution < -0.4 is 5.73 Å². The van der Waals surface area contributed by atoms with E-state index in [1.165, 1.54) is 6.92 Å². The Hall–Kier alpha value is -1.62. The average Bonchev–Trinajstić information content (AvgIpc) is 2.14. The number of nitrogens with two attached hydrogens (primary N) is 1. The molecule has 5 heteroatoms. The molecule has 0 rings (SSSR count). The first-order chi connectivity index (χ1) is 7.18. The summed E-state index contributed by atoms with van der Waals surface area (Å²) in [7, 11) is 0. The van der Waals surface area contributed by atoms with Gasteiger partial charge in [-0.05, 0) is 27.2 Å². The normalized spacial score (nSPS) is 12.1. The van der Waals surface area contributed by atoms with Crippen molar-refractivity contribution in [3.8, 4) is 0 Å². The summed E-state index contributed by atoms with van der Waals surface area (Å²) >= 11 is 0. The van der Waals surface area contributed by atoms with Gasteiger partial charge in [0, 0.05) is 11.1 Å². The Morgan fingerprint density at radius 2 is 1.81 bits per heavy atom. The van der Waals surface area contributed by atoms with E-state index in [1.54, 1.807) is 19.9 Å². The second kappa shape index (κ2) is 8.67. The minimum Gasteiger partial charge on any atom is -0.478 e. The molecule has 0 aromatic rings. The van der Waals surface area contributed by atoms with Crippen molar-refractivity contribution in [3.05, 3.63) is 23.8 Å². The third-order valence-corrected chi connectivity index (χ3v) is 1.52. The zero-order chi connectivity index (χ0) is 13.3. The van der Waals surface area contributed by atoms with Gasteiger partial charge in [-0.25, -0.2) is 4.79 Å². The fraction of sp³-hybridized carbons (Fsp3) is 0.455. The van der Waals surface area contributed by atoms with Crippen LogP contribution in [0.15, 0.2) is 23.8 Å². The fourth-order valence-corrected chi connectivity index (χ4v) is 0.448. The Labute approximate surface area is 95.3 Å². The predicted molar refractivity (Wildman–Crippen MR) is 61.7 cm³/mol. The maximum absolute atomic E-state index is 10.4. The molecule has 0 radical (unpaired) electrons. The minimum atomic E-state index is -0.935. The number of carbonyl (C=O) groups excluding carboxylic acids is 1. The number of primary amides is 1. The minimum absolute atomic E-state index is 0.176. The molecular formula is C11H19NO4. The van der Waals surface area contributed by atoms with Gasteiger partial charge in [-0.3, -0.25) is 4.79 Å². The molecule has 1 unspecified atom stereocenters. The van der Waals surface area contributed by atoms with E-state index in [4.69, 9.17) is 15.9 Å². The van der Waals surface area contributed by atoms with Gasteiger partial charge in [-0.2, -0.15) is 0 Å². The monoisotopic (exact) mass is 229 g/mol. The summed E-state index contributed by atoms with van der Waals surface area (Å²) in [5.41, 5.74) is 5.61. The van der Waals surface area contributed by atoms with Crippen LogP contribution in [0.4, 0.5) is 0 Å². The van der Waals surface area contributed by atoms with Crippen molar-refractivity contribution < 1.29 is 19.8 Å². The van der Waals surface area contributed by atoms with Gasteiger partial charge in [0.2, 0.25) is 5.91 Å². The molecule has 0 saturated heterocycles. The Bertz CT molecular complexity index is 280. The molecule has 16 heavy (non-hydrogen) atoms. The highest BCUT2D eigenvalue weighted by molar-refractivity contribution is 5.91. The van der Waals surface area contributed by atoms with Gasteiger partial charge in [0.05, 0.1) is 6.10 Å². The highest BCUT2D eigenvalue weighted by atomic mass is 16.4. The Kier molecular flexibility index (Phi) is 9.10. The SMILES string of the molecule is C=C(C)C(=O)O.CC(=CCC(C)O)C(N)=O. The smallest absolute Gasteiger partial charge is 0.330 e. The van der Waals surface area contributed by atoms with Crippen molar-refractivity contribution in [2.24, 2.45) is 5.73 Å². The summed E-state index contributed by atoms with van der Waals surface area (Å²) in [5, 5.41) is 16.7. The van der Waals surface area contributed by atoms with Crippen molar-refractivity contribution in [1.29, 1.82) is 0 Å². The number of hydrogen-bond donors (Lipinski definition) is 3. The second-order valence-electron chi connectivity index (χ2n) is 3.42. The molecule has 0 aromatic heterocycles. The summed E-state index contributed by atoms with van der Waals surface area (Å²) in [4.78, 5) is 20.0. The standard InChI is InChI=1S/C7H13NO2.C4H6O2/c1-5(7(8)10)3-4-6(2)9;1-3(2)4(5)6/h3,6,9H,4H2,1-2H3,(H2,8,10);1H2,2H3,(H,5,6). The van der Waals surface area contributed by atoms with Gasteiger partial charge in [0.15, 0.2) is 0 Å². The first-order valence-corrected chi connectivity index (χ1v) is 4.71. The molecule has 1 atom stereocenters. The first kappa shape index (κ1) is 16.8. The van der Waals surface area contributed by atoms with Crippen LogP contribution in [0.2, 0.25) is 0 Å². The second-order valence-corrected chi connectivity index (χ2v) is 3.42. The van der Waals surface area contributed by atoms with E-state index in [-0.39, 0.29) is 5.57 Å². The highest BCUT2D eigenvalue weighted by Gasteiger charge is 1.97. The number of carboxylic acids is 1. The molecule has 4 N–H and O–H groups in total. The van der Waals surface area contributed by atoms with E-state index >= 15 is 0 Å². The lowest BCUT2D eigenvalue weighted by Crippen LogP contribution is -2.12. The van der Waals surface area contributed by atoms with E-state index in [0.717, 1.165) is 0 Å². The number of aliphatic hydroxyl groups is 1. The number of carboxylic acid groups (broad SMARTS) is 1. The molecule has 92 valence electrons. The Morgan fingerprint density at radius 1 is 1.44 bits per heavy atom. The van der Waals surface area contributed by atoms with Crippen LogP contribution in [0.3, 0.4) is 0 Å². The molecule has 0 heterocycles. The number of aliphatic carboxylic acids is 1. The summed E-state index contributed by atoms with van der Waals surface area (Å²) in [6.07, 6.45) is 1.70. The summed E-state index contributed by atoms with van der Waals surface area (Å²) in [5.74, 6) is -1.37. The van der Waals surface area contributed by atoms with Crippen LogP contribution in [0.25, 0.3) is 0 Å². The number of amides is 1. The van der Waals surface area contributed by atoms with E-state index < -0.39 is 18.0 Å². The Morgan fingerprint density at radius 3 is 2.00 bits per heavy atom. The first-order valence-electron chi connectivity index (χ1n) is 4.71. The zero-order valence-electron chi connectivity index (χ0n) is 9.86. The van der Waals surface area contributed by atoms with E-state index in [0.29, 0.717) is 12.0 Å². The third kappa shape index (κ3) is 12.4. The molecule has 0 fully saturated rings. The maximum atomic E-state index is 10.4. The van der Waals surface area contributed by atoms with Crippen LogP contribution in [0.1, 0.15) is 27.2 Å². The number of rotatable bonds is 4. The lowest BCUT2D eigenvalue weighted by atomic mass is 10.2. The van der Waals surface area contributed by atoms with Crippen LogP contribution in [0.5, 0.6) is 0 Å². The molecule has 0 aliphatic carbocycles. The molecular weight excluding hydrogens is 210 g/mol. The molecule has 0 spiro atoms. The van der Waals surface area contributed by atoms with Gasteiger partial charge in [-0.15, -0.1) is 0 Å². The number of hydrogen-bond acceptors (Lipinski definition) is 3. The van der Waals surface area contributed by atoms with Crippen LogP contribution >= 0.6 is 0 Å².